The van der Waals surface area contributed by atoms with Gasteiger partial charge in [-0.05, 0) is 13.3 Å². The third-order valence-electron chi connectivity index (χ3n) is 1.75. The summed E-state index contributed by atoms with van der Waals surface area (Å²) in [5.41, 5.74) is 7.80. The molecule has 3 nitrogen and oxygen atoms in total. The van der Waals surface area contributed by atoms with Crippen molar-refractivity contribution in [3.05, 3.63) is 16.1 Å². The molecule has 0 aliphatic heterocycles. The van der Waals surface area contributed by atoms with E-state index < -0.39 is 6.04 Å². The molecule has 0 fully saturated rings. The van der Waals surface area contributed by atoms with Gasteiger partial charge in [-0.2, -0.15) is 0 Å². The lowest BCUT2D eigenvalue weighted by atomic mass is 10.1. The van der Waals surface area contributed by atoms with Crippen LogP contribution >= 0.6 is 11.3 Å². The molecule has 1 atom stereocenters. The highest BCUT2D eigenvalue weighted by Gasteiger charge is 2.17. The number of hydrogen-bond donors (Lipinski definition) is 1. The average Bonchev–Trinajstić information content (AvgIpc) is 2.48. The van der Waals surface area contributed by atoms with Crippen LogP contribution in [-0.4, -0.2) is 16.8 Å². The maximum absolute atomic E-state index is 11.5. The van der Waals surface area contributed by atoms with Gasteiger partial charge < -0.3 is 5.73 Å². The van der Waals surface area contributed by atoms with E-state index in [1.165, 1.54) is 11.3 Å². The van der Waals surface area contributed by atoms with E-state index in [1.54, 1.807) is 5.51 Å². The fourth-order valence-corrected chi connectivity index (χ4v) is 1.48. The molecule has 1 unspecified atom stereocenters. The third kappa shape index (κ3) is 1.70. The number of thiazole rings is 1. The smallest absolute Gasteiger partial charge is 0.198 e. The summed E-state index contributed by atoms with van der Waals surface area (Å²) in [5.74, 6) is -0.0451. The van der Waals surface area contributed by atoms with Crippen molar-refractivity contribution in [1.82, 2.24) is 4.98 Å². The van der Waals surface area contributed by atoms with Crippen LogP contribution < -0.4 is 5.73 Å². The first kappa shape index (κ1) is 9.35. The normalized spacial score (nSPS) is 12.9. The van der Waals surface area contributed by atoms with Crippen molar-refractivity contribution in [3.8, 4) is 0 Å². The lowest BCUT2D eigenvalue weighted by molar-refractivity contribution is 0.0954. The molecule has 1 rings (SSSR count). The first-order valence-electron chi connectivity index (χ1n) is 3.86. The maximum Gasteiger partial charge on any atom is 0.198 e. The standard InChI is InChI=1S/C8H12N2OS/c1-3-6(9)8(11)7-5(2)12-4-10-7/h4,6H,3,9H2,1-2H3. The van der Waals surface area contributed by atoms with E-state index in [0.717, 1.165) is 4.88 Å². The molecule has 0 bridgehead atoms. The zero-order valence-electron chi connectivity index (χ0n) is 7.20. The second-order valence-electron chi connectivity index (χ2n) is 2.64. The Morgan fingerprint density at radius 2 is 2.50 bits per heavy atom. The van der Waals surface area contributed by atoms with Crippen LogP contribution in [0.1, 0.15) is 28.7 Å². The van der Waals surface area contributed by atoms with Gasteiger partial charge in [-0.3, -0.25) is 4.79 Å². The molecule has 1 aromatic heterocycles. The van der Waals surface area contributed by atoms with Crippen LogP contribution in [0.5, 0.6) is 0 Å². The largest absolute Gasteiger partial charge is 0.321 e. The predicted octanol–water partition coefficient (Wildman–Crippen LogP) is 1.37. The monoisotopic (exact) mass is 184 g/mol. The number of carbonyl (C=O) groups excluding carboxylic acids is 1. The fourth-order valence-electron chi connectivity index (χ4n) is 0.903. The zero-order chi connectivity index (χ0) is 9.14. The van der Waals surface area contributed by atoms with Crippen molar-refractivity contribution in [3.63, 3.8) is 0 Å². The summed E-state index contributed by atoms with van der Waals surface area (Å²) in [4.78, 5) is 16.4. The Hall–Kier alpha value is -0.740. The number of nitrogens with zero attached hydrogens (tertiary/aromatic N) is 1. The van der Waals surface area contributed by atoms with E-state index in [2.05, 4.69) is 4.98 Å². The Morgan fingerprint density at radius 3 is 2.92 bits per heavy atom. The van der Waals surface area contributed by atoms with E-state index in [1.807, 2.05) is 13.8 Å². The van der Waals surface area contributed by atoms with Crippen molar-refractivity contribution in [2.45, 2.75) is 26.3 Å². The number of nitrogens with two attached hydrogens (primary N) is 1. The van der Waals surface area contributed by atoms with Crippen LogP contribution in [0.15, 0.2) is 5.51 Å². The molecule has 66 valence electrons. The van der Waals surface area contributed by atoms with Gasteiger partial charge in [0.15, 0.2) is 5.78 Å². The Kier molecular flexibility index (Phi) is 2.94. The van der Waals surface area contributed by atoms with Gasteiger partial charge in [-0.15, -0.1) is 11.3 Å². The quantitative estimate of drug-likeness (QED) is 0.722. The van der Waals surface area contributed by atoms with Crippen LogP contribution in [-0.2, 0) is 0 Å². The molecular formula is C8H12N2OS. The van der Waals surface area contributed by atoms with E-state index in [-0.39, 0.29) is 5.78 Å². The molecule has 0 saturated carbocycles. The summed E-state index contributed by atoms with van der Waals surface area (Å²) in [6.07, 6.45) is 0.662. The molecule has 2 N–H and O–H groups in total. The number of aromatic nitrogens is 1. The average molecular weight is 184 g/mol. The summed E-state index contributed by atoms with van der Waals surface area (Å²) >= 11 is 1.47. The molecule has 0 aromatic carbocycles. The van der Waals surface area contributed by atoms with Gasteiger partial charge in [0.05, 0.1) is 11.6 Å². The van der Waals surface area contributed by atoms with Crippen molar-refractivity contribution < 1.29 is 4.79 Å². The van der Waals surface area contributed by atoms with Crippen LogP contribution in [0, 0.1) is 6.92 Å². The van der Waals surface area contributed by atoms with Crippen LogP contribution in [0.2, 0.25) is 0 Å². The Balaban J connectivity index is 2.85. The molecule has 0 amide bonds. The van der Waals surface area contributed by atoms with Gasteiger partial charge >= 0.3 is 0 Å². The minimum Gasteiger partial charge on any atom is -0.321 e. The van der Waals surface area contributed by atoms with E-state index in [4.69, 9.17) is 5.73 Å². The number of Topliss-reactive ketones (excluding diaryl/α,β-unsaturated/α-hetero) is 1. The van der Waals surface area contributed by atoms with Gasteiger partial charge in [-0.25, -0.2) is 4.98 Å². The highest BCUT2D eigenvalue weighted by atomic mass is 32.1. The van der Waals surface area contributed by atoms with Crippen LogP contribution in [0.4, 0.5) is 0 Å². The molecular weight excluding hydrogens is 172 g/mol. The molecule has 0 saturated heterocycles. The second kappa shape index (κ2) is 3.78. The molecule has 1 heterocycles. The summed E-state index contributed by atoms with van der Waals surface area (Å²) in [5, 5.41) is 0. The van der Waals surface area contributed by atoms with Crippen LogP contribution in [0.3, 0.4) is 0 Å². The highest BCUT2D eigenvalue weighted by molar-refractivity contribution is 7.09. The number of ketones is 1. The fraction of sp³-hybridized carbons (Fsp3) is 0.500. The summed E-state index contributed by atoms with van der Waals surface area (Å²) < 4.78 is 0. The number of carbonyl (C=O) groups is 1. The van der Waals surface area contributed by atoms with Crippen molar-refractivity contribution in [2.24, 2.45) is 5.73 Å². The maximum atomic E-state index is 11.5. The first-order chi connectivity index (χ1) is 5.66. The third-order valence-corrected chi connectivity index (χ3v) is 2.51. The van der Waals surface area contributed by atoms with Crippen LogP contribution in [0.25, 0.3) is 0 Å². The van der Waals surface area contributed by atoms with Gasteiger partial charge in [0, 0.05) is 4.88 Å². The molecule has 12 heavy (non-hydrogen) atoms. The minimum absolute atomic E-state index is 0.0451. The minimum atomic E-state index is -0.397. The van der Waals surface area contributed by atoms with E-state index >= 15 is 0 Å². The lowest BCUT2D eigenvalue weighted by Crippen LogP contribution is -2.30. The predicted molar refractivity (Wildman–Crippen MR) is 49.4 cm³/mol. The first-order valence-corrected chi connectivity index (χ1v) is 4.74. The van der Waals surface area contributed by atoms with E-state index in [9.17, 15) is 4.79 Å². The summed E-state index contributed by atoms with van der Waals surface area (Å²) in [6.45, 7) is 3.78. The second-order valence-corrected chi connectivity index (χ2v) is 3.70. The summed E-state index contributed by atoms with van der Waals surface area (Å²) in [6, 6.07) is -0.397. The molecule has 1 aromatic rings. The number of aryl methyl sites for hydroxylation is 1. The lowest BCUT2D eigenvalue weighted by Gasteiger charge is -2.04. The topological polar surface area (TPSA) is 56.0 Å². The van der Waals surface area contributed by atoms with Crippen molar-refractivity contribution >= 4 is 17.1 Å². The van der Waals surface area contributed by atoms with E-state index in [0.29, 0.717) is 12.1 Å². The molecule has 0 radical (unpaired) electrons. The van der Waals surface area contributed by atoms with Crippen molar-refractivity contribution in [1.29, 1.82) is 0 Å². The number of rotatable bonds is 3. The van der Waals surface area contributed by atoms with Gasteiger partial charge in [-0.1, -0.05) is 6.92 Å². The highest BCUT2D eigenvalue weighted by Crippen LogP contribution is 2.13. The van der Waals surface area contributed by atoms with Gasteiger partial charge in [0.2, 0.25) is 0 Å². The molecule has 0 aliphatic rings. The van der Waals surface area contributed by atoms with Gasteiger partial charge in [0.25, 0.3) is 0 Å². The molecule has 4 heteroatoms. The Morgan fingerprint density at radius 1 is 1.83 bits per heavy atom. The van der Waals surface area contributed by atoms with Gasteiger partial charge in [0.1, 0.15) is 5.69 Å². The van der Waals surface area contributed by atoms with Crippen molar-refractivity contribution in [2.75, 3.05) is 0 Å². The molecule has 0 spiro atoms. The Bertz CT molecular complexity index is 282. The molecule has 0 aliphatic carbocycles. The number of hydrogen-bond acceptors (Lipinski definition) is 4. The summed E-state index contributed by atoms with van der Waals surface area (Å²) in [7, 11) is 0. The Labute approximate surface area is 75.6 Å². The zero-order valence-corrected chi connectivity index (χ0v) is 8.02. The SMILES string of the molecule is CCC(N)C(=O)c1ncsc1C.